The summed E-state index contributed by atoms with van der Waals surface area (Å²) in [5.74, 6) is 0. The van der Waals surface area contributed by atoms with Crippen molar-refractivity contribution in [1.82, 2.24) is 0 Å². The molecule has 188 valence electrons. The fourth-order valence-corrected chi connectivity index (χ4v) is 5.81. The molecule has 10 heteroatoms. The van der Waals surface area contributed by atoms with Gasteiger partial charge in [0.05, 0.1) is 18.6 Å². The van der Waals surface area contributed by atoms with Crippen molar-refractivity contribution in [2.75, 3.05) is 0 Å². The molecule has 3 aromatic carbocycles. The molecule has 0 aliphatic carbocycles. The van der Waals surface area contributed by atoms with Crippen LogP contribution in [0, 0.1) is 0 Å². The summed E-state index contributed by atoms with van der Waals surface area (Å²) in [4.78, 5) is 0. The van der Waals surface area contributed by atoms with Crippen molar-refractivity contribution in [1.29, 1.82) is 0 Å². The highest BCUT2D eigenvalue weighted by Crippen LogP contribution is 2.51. The quantitative estimate of drug-likeness (QED) is 0.433. The fraction of sp³-hybridized carbons (Fsp3) is 0.250. The van der Waals surface area contributed by atoms with Crippen LogP contribution in [0.5, 0.6) is 0 Å². The number of rotatable bonds is 9. The van der Waals surface area contributed by atoms with Crippen molar-refractivity contribution >= 4 is 18.6 Å². The lowest BCUT2D eigenvalue weighted by molar-refractivity contribution is 0.137. The zero-order valence-electron chi connectivity index (χ0n) is 20.6. The average molecular weight is 503 g/mol. The molecule has 0 saturated carbocycles. The molecule has 0 spiro atoms. The molecule has 3 heterocycles. The van der Waals surface area contributed by atoms with Crippen molar-refractivity contribution in [3.05, 3.63) is 108 Å². The Morgan fingerprint density at radius 2 is 0.763 bits per heavy atom. The highest BCUT2D eigenvalue weighted by atomic mass is 15.5. The van der Waals surface area contributed by atoms with Crippen LogP contribution < -0.4 is 5.73 Å². The number of hydrogen-bond donors (Lipinski definition) is 1. The number of hydrogen-bond acceptors (Lipinski definition) is 10. The summed E-state index contributed by atoms with van der Waals surface area (Å²) in [6.45, 7) is 0. The Labute approximate surface area is 219 Å². The van der Waals surface area contributed by atoms with Crippen LogP contribution in [-0.2, 0) is 19.3 Å². The summed E-state index contributed by atoms with van der Waals surface area (Å²) in [6, 6.07) is 30.0. The van der Waals surface area contributed by atoms with E-state index < -0.39 is 22.2 Å². The van der Waals surface area contributed by atoms with Gasteiger partial charge >= 0.3 is 0 Å². The van der Waals surface area contributed by atoms with Crippen LogP contribution in [0.1, 0.15) is 16.7 Å². The molecule has 2 N–H and O–H groups in total. The van der Waals surface area contributed by atoms with Crippen molar-refractivity contribution in [2.24, 2.45) is 52.1 Å². The van der Waals surface area contributed by atoms with E-state index in [1.165, 1.54) is 0 Å². The van der Waals surface area contributed by atoms with E-state index in [4.69, 9.17) is 21.1 Å². The minimum absolute atomic E-state index is 0.400. The molecule has 0 aromatic heterocycles. The number of nitrogens with zero attached hydrogens (tertiary/aromatic N) is 9. The Balaban J connectivity index is 1.60. The second-order valence-corrected chi connectivity index (χ2v) is 9.87. The third-order valence-corrected chi connectivity index (χ3v) is 7.64. The van der Waals surface area contributed by atoms with Gasteiger partial charge in [-0.1, -0.05) is 91.0 Å². The maximum atomic E-state index is 7.83. The van der Waals surface area contributed by atoms with Crippen molar-refractivity contribution in [2.45, 2.75) is 41.4 Å². The number of nitrogens with two attached hydrogens (primary N) is 1. The molecule has 3 aliphatic heterocycles. The van der Waals surface area contributed by atoms with Crippen LogP contribution in [-0.4, -0.2) is 40.8 Å². The predicted octanol–water partition coefficient (Wildman–Crippen LogP) is 4.98. The SMILES string of the molecule is NC(C1(Cc2ccccc2)C=NN=N1)(C1(Cc2ccccc2)C=NN=N1)C1(Cc2ccccc2)C=NN=N1. The zero-order valence-corrected chi connectivity index (χ0v) is 20.6. The Hall–Kier alpha value is -4.57. The molecular weight excluding hydrogens is 476 g/mol. The monoisotopic (exact) mass is 502 g/mol. The molecule has 38 heavy (non-hydrogen) atoms. The fourth-order valence-electron chi connectivity index (χ4n) is 5.81. The second kappa shape index (κ2) is 9.38. The molecule has 0 saturated heterocycles. The molecule has 3 atom stereocenters. The Kier molecular flexibility index (Phi) is 5.88. The van der Waals surface area contributed by atoms with Crippen LogP contribution >= 0.6 is 0 Å². The smallest absolute Gasteiger partial charge is 0.148 e. The first-order valence-corrected chi connectivity index (χ1v) is 12.4. The van der Waals surface area contributed by atoms with E-state index in [0.29, 0.717) is 19.3 Å². The summed E-state index contributed by atoms with van der Waals surface area (Å²) >= 11 is 0. The molecule has 0 bridgehead atoms. The van der Waals surface area contributed by atoms with Gasteiger partial charge in [-0.2, -0.15) is 15.3 Å². The van der Waals surface area contributed by atoms with Gasteiger partial charge in [-0.15, -0.1) is 15.3 Å². The van der Waals surface area contributed by atoms with Gasteiger partial charge in [0, 0.05) is 19.3 Å². The molecule has 0 radical (unpaired) electrons. The molecule has 3 aromatic rings. The lowest BCUT2D eigenvalue weighted by atomic mass is 9.53. The highest BCUT2D eigenvalue weighted by Gasteiger charge is 2.73. The number of benzene rings is 3. The molecule has 0 amide bonds. The minimum atomic E-state index is -1.44. The Morgan fingerprint density at radius 1 is 0.474 bits per heavy atom. The minimum Gasteiger partial charge on any atom is -0.318 e. The molecule has 0 fully saturated rings. The van der Waals surface area contributed by atoms with Crippen molar-refractivity contribution in [3.8, 4) is 0 Å². The van der Waals surface area contributed by atoms with Gasteiger partial charge in [0.2, 0.25) is 0 Å². The van der Waals surface area contributed by atoms with Crippen LogP contribution in [0.25, 0.3) is 0 Å². The molecule has 3 unspecified atom stereocenters. The largest absolute Gasteiger partial charge is 0.318 e. The third-order valence-electron chi connectivity index (χ3n) is 7.64. The molecule has 10 nitrogen and oxygen atoms in total. The van der Waals surface area contributed by atoms with Gasteiger partial charge in [0.1, 0.15) is 22.2 Å². The predicted molar refractivity (Wildman–Crippen MR) is 146 cm³/mol. The first-order valence-electron chi connectivity index (χ1n) is 12.4. The van der Waals surface area contributed by atoms with Crippen molar-refractivity contribution in [3.63, 3.8) is 0 Å². The summed E-state index contributed by atoms with van der Waals surface area (Å²) in [5, 5.41) is 39.3. The maximum absolute atomic E-state index is 7.83. The van der Waals surface area contributed by atoms with Gasteiger partial charge in [-0.25, -0.2) is 0 Å². The topological polar surface area (TPSA) is 137 Å². The summed E-state index contributed by atoms with van der Waals surface area (Å²) in [5.41, 5.74) is 5.89. The first kappa shape index (κ1) is 23.8. The first-order chi connectivity index (χ1) is 18.6. The van der Waals surface area contributed by atoms with Crippen LogP contribution in [0.3, 0.4) is 0 Å². The van der Waals surface area contributed by atoms with Gasteiger partial charge in [-0.05, 0) is 32.4 Å². The Morgan fingerprint density at radius 3 is 1.00 bits per heavy atom. The molecule has 3 aliphatic rings. The van der Waals surface area contributed by atoms with Crippen molar-refractivity contribution < 1.29 is 0 Å². The van der Waals surface area contributed by atoms with E-state index in [2.05, 4.69) is 31.0 Å². The van der Waals surface area contributed by atoms with Crippen LogP contribution in [0.4, 0.5) is 0 Å². The summed E-state index contributed by atoms with van der Waals surface area (Å²) in [7, 11) is 0. The lowest BCUT2D eigenvalue weighted by Gasteiger charge is -2.55. The standard InChI is InChI=1S/C28H26N10/c29-28(25(19-30-36-33-25)16-22-10-4-1-5-11-22,26(20-31-37-34-26)17-23-12-6-2-7-13-23)27(21-32-38-35-27)18-24-14-8-3-9-15-24/h1-15,19-21H,16-18,29H2. The highest BCUT2D eigenvalue weighted by molar-refractivity contribution is 5.89. The van der Waals surface area contributed by atoms with E-state index in [-0.39, 0.29) is 0 Å². The van der Waals surface area contributed by atoms with E-state index in [9.17, 15) is 0 Å². The van der Waals surface area contributed by atoms with E-state index >= 15 is 0 Å². The van der Waals surface area contributed by atoms with E-state index in [1.807, 2.05) is 91.0 Å². The molecular formula is C28H26N10. The van der Waals surface area contributed by atoms with E-state index in [1.54, 1.807) is 18.6 Å². The van der Waals surface area contributed by atoms with E-state index in [0.717, 1.165) is 16.7 Å². The second-order valence-electron chi connectivity index (χ2n) is 9.87. The third kappa shape index (κ3) is 3.72. The summed E-state index contributed by atoms with van der Waals surface area (Å²) in [6.07, 6.45) is 6.33. The average Bonchev–Trinajstić information content (AvgIpc) is 3.73. The summed E-state index contributed by atoms with van der Waals surface area (Å²) < 4.78 is 0. The van der Waals surface area contributed by atoms with Gasteiger partial charge in [-0.3, -0.25) is 0 Å². The Bertz CT molecular complexity index is 1250. The zero-order chi connectivity index (χ0) is 25.9. The lowest BCUT2D eigenvalue weighted by Crippen LogP contribution is -2.83. The molecule has 6 rings (SSSR count). The van der Waals surface area contributed by atoms with Crippen LogP contribution in [0.2, 0.25) is 0 Å². The van der Waals surface area contributed by atoms with Gasteiger partial charge < -0.3 is 5.73 Å². The normalized spacial score (nSPS) is 28.3. The maximum Gasteiger partial charge on any atom is 0.148 e. The van der Waals surface area contributed by atoms with Gasteiger partial charge in [0.15, 0.2) is 0 Å². The van der Waals surface area contributed by atoms with Gasteiger partial charge in [0.25, 0.3) is 0 Å². The van der Waals surface area contributed by atoms with Crippen LogP contribution in [0.15, 0.2) is 137 Å².